The number of aromatic amines is 1. The number of carbonyl (C=O) groups is 5. The third-order valence-corrected chi connectivity index (χ3v) is 6.27. The molecule has 0 radical (unpaired) electrons. The van der Waals surface area contributed by atoms with E-state index in [1.54, 1.807) is 20.8 Å². The first-order valence-electron chi connectivity index (χ1n) is 12.8. The SMILES string of the molecule is CC(C)C[C@H](NC(=O)[C@H]1Cc2c([nH]c3ccccc23)CN1C(=O)OC(C)(C)C)C(=O)N[C@@H](CC(=O)O)C(=O)O. The number of carboxylic acid groups (broad SMARTS) is 2. The maximum Gasteiger partial charge on any atom is 0.411 e. The Morgan fingerprint density at radius 1 is 1.08 bits per heavy atom. The van der Waals surface area contributed by atoms with Gasteiger partial charge in [0, 0.05) is 23.0 Å². The van der Waals surface area contributed by atoms with Gasteiger partial charge in [-0.25, -0.2) is 9.59 Å². The molecule has 5 N–H and O–H groups in total. The molecule has 3 amide bonds. The molecule has 0 saturated heterocycles. The van der Waals surface area contributed by atoms with E-state index in [-0.39, 0.29) is 25.3 Å². The van der Waals surface area contributed by atoms with Crippen molar-refractivity contribution in [3.63, 3.8) is 0 Å². The van der Waals surface area contributed by atoms with Crippen LogP contribution in [0.15, 0.2) is 24.3 Å². The van der Waals surface area contributed by atoms with Crippen LogP contribution >= 0.6 is 0 Å². The molecule has 0 saturated carbocycles. The molecule has 1 aliphatic rings. The second-order valence-corrected chi connectivity index (χ2v) is 11.1. The molecule has 0 spiro atoms. The first-order chi connectivity index (χ1) is 18.2. The van der Waals surface area contributed by atoms with Crippen molar-refractivity contribution in [2.45, 2.75) is 84.2 Å². The van der Waals surface area contributed by atoms with Crippen molar-refractivity contribution in [1.29, 1.82) is 0 Å². The normalized spacial score (nSPS) is 16.8. The molecule has 0 unspecified atom stereocenters. The van der Waals surface area contributed by atoms with E-state index in [4.69, 9.17) is 9.84 Å². The molecule has 2 aromatic rings. The van der Waals surface area contributed by atoms with E-state index in [1.807, 2.05) is 38.1 Å². The lowest BCUT2D eigenvalue weighted by Crippen LogP contribution is -2.58. The third-order valence-electron chi connectivity index (χ3n) is 6.27. The monoisotopic (exact) mass is 544 g/mol. The van der Waals surface area contributed by atoms with Crippen molar-refractivity contribution in [3.8, 4) is 0 Å². The molecule has 1 aromatic carbocycles. The number of aromatic nitrogens is 1. The predicted octanol–water partition coefficient (Wildman–Crippen LogP) is 2.40. The Bertz CT molecular complexity index is 1260. The number of aliphatic carboxylic acids is 2. The summed E-state index contributed by atoms with van der Waals surface area (Å²) in [6, 6.07) is 3.75. The molecule has 3 rings (SSSR count). The lowest BCUT2D eigenvalue weighted by atomic mass is 9.95. The van der Waals surface area contributed by atoms with E-state index in [9.17, 15) is 29.1 Å². The van der Waals surface area contributed by atoms with Crippen LogP contribution in [0.5, 0.6) is 0 Å². The minimum absolute atomic E-state index is 0.0719. The number of carboxylic acids is 2. The Hall–Kier alpha value is -4.09. The van der Waals surface area contributed by atoms with Crippen molar-refractivity contribution < 1.29 is 38.9 Å². The van der Waals surface area contributed by atoms with Crippen molar-refractivity contribution in [2.75, 3.05) is 0 Å². The zero-order valence-electron chi connectivity index (χ0n) is 22.7. The summed E-state index contributed by atoms with van der Waals surface area (Å²) in [6.07, 6.45) is -1.18. The average molecular weight is 545 g/mol. The highest BCUT2D eigenvalue weighted by atomic mass is 16.6. The highest BCUT2D eigenvalue weighted by molar-refractivity contribution is 5.95. The van der Waals surface area contributed by atoms with E-state index in [1.165, 1.54) is 4.90 Å². The molecular formula is C27H36N4O8. The topological polar surface area (TPSA) is 178 Å². The standard InChI is InChI=1S/C27H36N4O8/c1-14(2)10-18(23(34)30-19(25(36)37)12-22(32)33)29-24(35)21-11-16-15-8-6-7-9-17(15)28-20(16)13-31(21)26(38)39-27(3,4)5/h6-9,14,18-19,21,28H,10-13H2,1-5H3,(H,29,35)(H,30,34)(H,32,33)(H,36,37)/t18-,19-,21+/m0/s1. The molecule has 12 nitrogen and oxygen atoms in total. The number of benzene rings is 1. The molecule has 0 fully saturated rings. The lowest BCUT2D eigenvalue weighted by Gasteiger charge is -2.36. The lowest BCUT2D eigenvalue weighted by molar-refractivity contribution is -0.147. The van der Waals surface area contributed by atoms with Crippen molar-refractivity contribution in [2.24, 2.45) is 5.92 Å². The van der Waals surface area contributed by atoms with Gasteiger partial charge in [0.05, 0.1) is 13.0 Å². The fraction of sp³-hybridized carbons (Fsp3) is 0.519. The number of para-hydroxylation sites is 1. The van der Waals surface area contributed by atoms with Gasteiger partial charge in [0.15, 0.2) is 0 Å². The summed E-state index contributed by atoms with van der Waals surface area (Å²) in [5, 5.41) is 24.2. The summed E-state index contributed by atoms with van der Waals surface area (Å²) in [7, 11) is 0. The smallest absolute Gasteiger partial charge is 0.411 e. The summed E-state index contributed by atoms with van der Waals surface area (Å²) in [5.41, 5.74) is 1.71. The Kier molecular flexibility index (Phi) is 8.88. The number of hydrogen-bond donors (Lipinski definition) is 5. The van der Waals surface area contributed by atoms with Crippen LogP contribution in [0.3, 0.4) is 0 Å². The number of hydrogen-bond acceptors (Lipinski definition) is 6. The number of rotatable bonds is 9. The molecule has 3 atom stereocenters. The quantitative estimate of drug-likeness (QED) is 0.319. The molecule has 212 valence electrons. The molecule has 0 aliphatic carbocycles. The maximum absolute atomic E-state index is 13.7. The molecule has 1 aliphatic heterocycles. The Morgan fingerprint density at radius 3 is 2.33 bits per heavy atom. The van der Waals surface area contributed by atoms with Gasteiger partial charge in [-0.1, -0.05) is 32.0 Å². The highest BCUT2D eigenvalue weighted by Gasteiger charge is 2.40. The first-order valence-corrected chi connectivity index (χ1v) is 12.8. The van der Waals surface area contributed by atoms with Gasteiger partial charge >= 0.3 is 18.0 Å². The van der Waals surface area contributed by atoms with E-state index in [0.29, 0.717) is 0 Å². The molecule has 12 heteroatoms. The number of nitrogens with one attached hydrogen (secondary N) is 3. The van der Waals surface area contributed by atoms with E-state index >= 15 is 0 Å². The highest BCUT2D eigenvalue weighted by Crippen LogP contribution is 2.31. The van der Waals surface area contributed by atoms with Gasteiger partial charge < -0.3 is 30.6 Å². The summed E-state index contributed by atoms with van der Waals surface area (Å²) in [4.78, 5) is 67.1. The summed E-state index contributed by atoms with van der Waals surface area (Å²) in [6.45, 7) is 8.89. The second-order valence-electron chi connectivity index (χ2n) is 11.1. The molecule has 2 heterocycles. The number of H-pyrrole nitrogens is 1. The Balaban J connectivity index is 1.90. The second kappa shape index (κ2) is 11.7. The van der Waals surface area contributed by atoms with E-state index in [2.05, 4.69) is 15.6 Å². The van der Waals surface area contributed by atoms with E-state index < -0.39 is 60.0 Å². The van der Waals surface area contributed by atoms with Crippen LogP contribution in [0.2, 0.25) is 0 Å². The maximum atomic E-state index is 13.7. The minimum Gasteiger partial charge on any atom is -0.481 e. The molecule has 0 bridgehead atoms. The summed E-state index contributed by atoms with van der Waals surface area (Å²) < 4.78 is 5.57. The predicted molar refractivity (Wildman–Crippen MR) is 141 cm³/mol. The van der Waals surface area contributed by atoms with Crippen LogP contribution in [-0.4, -0.2) is 73.7 Å². The van der Waals surface area contributed by atoms with Gasteiger partial charge in [-0.3, -0.25) is 19.3 Å². The van der Waals surface area contributed by atoms with Crippen molar-refractivity contribution >= 4 is 40.7 Å². The third kappa shape index (κ3) is 7.49. The van der Waals surface area contributed by atoms with Crippen LogP contribution < -0.4 is 10.6 Å². The largest absolute Gasteiger partial charge is 0.481 e. The van der Waals surface area contributed by atoms with Crippen LogP contribution in [0, 0.1) is 5.92 Å². The average Bonchev–Trinajstić information content (AvgIpc) is 3.18. The van der Waals surface area contributed by atoms with Gasteiger partial charge in [-0.05, 0) is 44.7 Å². The zero-order valence-corrected chi connectivity index (χ0v) is 22.7. The summed E-state index contributed by atoms with van der Waals surface area (Å²) in [5.74, 6) is -4.40. The minimum atomic E-state index is -1.66. The van der Waals surface area contributed by atoms with Crippen LogP contribution in [0.4, 0.5) is 4.79 Å². The van der Waals surface area contributed by atoms with Gasteiger partial charge in [-0.15, -0.1) is 0 Å². The van der Waals surface area contributed by atoms with Gasteiger partial charge in [-0.2, -0.15) is 0 Å². The van der Waals surface area contributed by atoms with Gasteiger partial charge in [0.1, 0.15) is 23.7 Å². The number of ether oxygens (including phenoxy) is 1. The Morgan fingerprint density at radius 2 is 1.74 bits per heavy atom. The molecule has 39 heavy (non-hydrogen) atoms. The van der Waals surface area contributed by atoms with E-state index in [0.717, 1.165) is 22.2 Å². The zero-order chi connectivity index (χ0) is 29.1. The number of nitrogens with zero attached hydrogens (tertiary/aromatic N) is 1. The fourth-order valence-corrected chi connectivity index (χ4v) is 4.57. The van der Waals surface area contributed by atoms with Gasteiger partial charge in [0.25, 0.3) is 0 Å². The number of fused-ring (bicyclic) bond motifs is 3. The fourth-order valence-electron chi connectivity index (χ4n) is 4.57. The Labute approximate surface area is 226 Å². The van der Waals surface area contributed by atoms with Gasteiger partial charge in [0.2, 0.25) is 11.8 Å². The van der Waals surface area contributed by atoms with Crippen LogP contribution in [0.25, 0.3) is 10.9 Å². The van der Waals surface area contributed by atoms with Crippen molar-refractivity contribution in [3.05, 3.63) is 35.5 Å². The number of amides is 3. The van der Waals surface area contributed by atoms with Crippen molar-refractivity contribution in [1.82, 2.24) is 20.5 Å². The van der Waals surface area contributed by atoms with Crippen LogP contribution in [0.1, 0.15) is 58.7 Å². The number of carbonyl (C=O) groups excluding carboxylic acids is 3. The molecule has 1 aromatic heterocycles. The van der Waals surface area contributed by atoms with Crippen LogP contribution in [-0.2, 0) is 36.9 Å². The molecular weight excluding hydrogens is 508 g/mol. The summed E-state index contributed by atoms with van der Waals surface area (Å²) >= 11 is 0. The first kappa shape index (κ1) is 29.5.